The predicted molar refractivity (Wildman–Crippen MR) is 73.9 cm³/mol. The van der Waals surface area contributed by atoms with Gasteiger partial charge in [0.15, 0.2) is 5.79 Å². The Labute approximate surface area is 126 Å². The molecule has 0 aliphatic carbocycles. The molecule has 0 unspecified atom stereocenters. The van der Waals surface area contributed by atoms with E-state index >= 15 is 0 Å². The number of hydrogen-bond acceptors (Lipinski definition) is 6. The first-order valence-electron chi connectivity index (χ1n) is 6.53. The molecular formula is C12H15NO6S2. The van der Waals surface area contributed by atoms with Crippen molar-refractivity contribution in [2.24, 2.45) is 0 Å². The van der Waals surface area contributed by atoms with E-state index in [1.807, 2.05) is 0 Å². The molecule has 2 aliphatic rings. The Morgan fingerprint density at radius 1 is 1.38 bits per heavy atom. The molecule has 2 aliphatic heterocycles. The molecule has 7 nitrogen and oxygen atoms in total. The van der Waals surface area contributed by atoms with Crippen molar-refractivity contribution in [1.29, 1.82) is 0 Å². The Morgan fingerprint density at radius 2 is 2.10 bits per heavy atom. The Morgan fingerprint density at radius 3 is 2.71 bits per heavy atom. The van der Waals surface area contributed by atoms with Crippen molar-refractivity contribution in [1.82, 2.24) is 4.31 Å². The summed E-state index contributed by atoms with van der Waals surface area (Å²) >= 11 is 0.917. The lowest BCUT2D eigenvalue weighted by atomic mass is 10.1. The van der Waals surface area contributed by atoms with Gasteiger partial charge in [-0.15, -0.1) is 11.3 Å². The molecule has 9 heteroatoms. The second-order valence-corrected chi connectivity index (χ2v) is 8.09. The molecule has 0 saturated carbocycles. The summed E-state index contributed by atoms with van der Waals surface area (Å²) in [5.41, 5.74) is -0.0151. The number of rotatable bonds is 3. The summed E-state index contributed by atoms with van der Waals surface area (Å²) in [5, 5.41) is 10.2. The van der Waals surface area contributed by atoms with Crippen molar-refractivity contribution < 1.29 is 27.8 Å². The number of aromatic carboxylic acids is 1. The highest BCUT2D eigenvalue weighted by atomic mass is 32.2. The van der Waals surface area contributed by atoms with Crippen molar-refractivity contribution >= 4 is 27.3 Å². The lowest BCUT2D eigenvalue weighted by molar-refractivity contribution is -0.179. The van der Waals surface area contributed by atoms with Gasteiger partial charge in [-0.05, 0) is 12.5 Å². The van der Waals surface area contributed by atoms with E-state index in [-0.39, 0.29) is 16.3 Å². The normalized spacial score (nSPS) is 22.7. The van der Waals surface area contributed by atoms with Crippen LogP contribution in [-0.4, -0.2) is 55.9 Å². The van der Waals surface area contributed by atoms with E-state index in [1.165, 1.54) is 15.8 Å². The van der Waals surface area contributed by atoms with Crippen molar-refractivity contribution in [2.45, 2.75) is 22.8 Å². The molecule has 3 heterocycles. The van der Waals surface area contributed by atoms with Gasteiger partial charge in [-0.1, -0.05) is 0 Å². The zero-order valence-corrected chi connectivity index (χ0v) is 12.8. The minimum atomic E-state index is -3.71. The maximum Gasteiger partial charge on any atom is 0.336 e. The SMILES string of the molecule is O=C(O)c1csc(S(=O)(=O)N2CCCC3(C2)OCCO3)c1. The maximum absolute atomic E-state index is 12.6. The van der Waals surface area contributed by atoms with Gasteiger partial charge in [0.25, 0.3) is 10.0 Å². The van der Waals surface area contributed by atoms with E-state index in [0.29, 0.717) is 32.6 Å². The number of piperidine rings is 1. The Balaban J connectivity index is 1.85. The van der Waals surface area contributed by atoms with Gasteiger partial charge in [0.1, 0.15) is 4.21 Å². The van der Waals surface area contributed by atoms with Crippen LogP contribution in [0.3, 0.4) is 0 Å². The lowest BCUT2D eigenvalue weighted by Gasteiger charge is -2.37. The van der Waals surface area contributed by atoms with Crippen LogP contribution in [0.5, 0.6) is 0 Å². The van der Waals surface area contributed by atoms with Crippen LogP contribution in [-0.2, 0) is 19.5 Å². The second-order valence-electron chi connectivity index (χ2n) is 5.01. The lowest BCUT2D eigenvalue weighted by Crippen LogP contribution is -2.50. The van der Waals surface area contributed by atoms with Gasteiger partial charge in [-0.25, -0.2) is 13.2 Å². The molecule has 0 atom stereocenters. The Bertz CT molecular complexity index is 646. The summed E-state index contributed by atoms with van der Waals surface area (Å²) in [7, 11) is -3.71. The van der Waals surface area contributed by atoms with Gasteiger partial charge >= 0.3 is 5.97 Å². The summed E-state index contributed by atoms with van der Waals surface area (Å²) in [6, 6.07) is 1.19. The predicted octanol–water partition coefficient (Wildman–Crippen LogP) is 0.974. The smallest absolute Gasteiger partial charge is 0.336 e. The number of sulfonamides is 1. The van der Waals surface area contributed by atoms with E-state index in [0.717, 1.165) is 11.3 Å². The van der Waals surface area contributed by atoms with E-state index < -0.39 is 21.8 Å². The summed E-state index contributed by atoms with van der Waals surface area (Å²) in [6.45, 7) is 1.47. The Hall–Kier alpha value is -1.00. The van der Waals surface area contributed by atoms with E-state index in [2.05, 4.69) is 0 Å². The molecule has 1 N–H and O–H groups in total. The van der Waals surface area contributed by atoms with Crippen molar-refractivity contribution in [2.75, 3.05) is 26.3 Å². The molecule has 2 saturated heterocycles. The first-order chi connectivity index (χ1) is 9.93. The topological polar surface area (TPSA) is 93.1 Å². The van der Waals surface area contributed by atoms with Gasteiger partial charge in [0.2, 0.25) is 0 Å². The number of carboxylic acid groups (broad SMARTS) is 1. The monoisotopic (exact) mass is 333 g/mol. The number of nitrogens with zero attached hydrogens (tertiary/aromatic N) is 1. The highest BCUT2D eigenvalue weighted by Gasteiger charge is 2.44. The molecule has 0 bridgehead atoms. The van der Waals surface area contributed by atoms with Crippen LogP contribution in [0.2, 0.25) is 0 Å². The van der Waals surface area contributed by atoms with Gasteiger partial charge in [-0.3, -0.25) is 0 Å². The number of thiophene rings is 1. The summed E-state index contributed by atoms with van der Waals surface area (Å²) in [6.07, 6.45) is 1.32. The maximum atomic E-state index is 12.6. The average Bonchev–Trinajstić information content (AvgIpc) is 3.09. The van der Waals surface area contributed by atoms with Crippen LogP contribution in [0.25, 0.3) is 0 Å². The second kappa shape index (κ2) is 5.33. The third-order valence-electron chi connectivity index (χ3n) is 3.61. The van der Waals surface area contributed by atoms with E-state index in [1.54, 1.807) is 0 Å². The third kappa shape index (κ3) is 2.71. The van der Waals surface area contributed by atoms with E-state index in [9.17, 15) is 13.2 Å². The molecule has 0 aromatic carbocycles. The largest absolute Gasteiger partial charge is 0.478 e. The van der Waals surface area contributed by atoms with Gasteiger partial charge in [0.05, 0.1) is 25.3 Å². The molecule has 1 spiro atoms. The molecule has 0 amide bonds. The minimum Gasteiger partial charge on any atom is -0.478 e. The number of ether oxygens (including phenoxy) is 2. The van der Waals surface area contributed by atoms with Gasteiger partial charge in [-0.2, -0.15) is 4.31 Å². The zero-order valence-electron chi connectivity index (χ0n) is 11.1. The van der Waals surface area contributed by atoms with Crippen LogP contribution < -0.4 is 0 Å². The molecular weight excluding hydrogens is 318 g/mol. The molecule has 1 aromatic rings. The fraction of sp³-hybridized carbons (Fsp3) is 0.583. The van der Waals surface area contributed by atoms with Crippen LogP contribution in [0, 0.1) is 0 Å². The Kier molecular flexibility index (Phi) is 3.78. The molecule has 2 fully saturated rings. The minimum absolute atomic E-state index is 0.0151. The number of hydrogen-bond donors (Lipinski definition) is 1. The molecule has 1 aromatic heterocycles. The number of carboxylic acids is 1. The molecule has 3 rings (SSSR count). The summed E-state index contributed by atoms with van der Waals surface area (Å²) in [5.74, 6) is -1.97. The standard InChI is InChI=1S/C12H15NO6S2/c14-11(15)9-6-10(20-7-9)21(16,17)13-3-1-2-12(8-13)18-4-5-19-12/h6-7H,1-5,8H2,(H,14,15). The zero-order chi connectivity index (χ0) is 15.1. The fourth-order valence-corrected chi connectivity index (χ4v) is 5.40. The molecule has 0 radical (unpaired) electrons. The average molecular weight is 333 g/mol. The first kappa shape index (κ1) is 14.9. The van der Waals surface area contributed by atoms with Crippen LogP contribution in [0.15, 0.2) is 15.7 Å². The van der Waals surface area contributed by atoms with Gasteiger partial charge in [0, 0.05) is 18.3 Å². The highest BCUT2D eigenvalue weighted by Crippen LogP contribution is 2.34. The number of carbonyl (C=O) groups is 1. The third-order valence-corrected chi connectivity index (χ3v) is 6.87. The summed E-state index contributed by atoms with van der Waals surface area (Å²) < 4.78 is 37.7. The fourth-order valence-electron chi connectivity index (χ4n) is 2.58. The van der Waals surface area contributed by atoms with Crippen molar-refractivity contribution in [3.8, 4) is 0 Å². The quantitative estimate of drug-likeness (QED) is 0.886. The first-order valence-corrected chi connectivity index (χ1v) is 8.85. The summed E-state index contributed by atoms with van der Waals surface area (Å²) in [4.78, 5) is 10.9. The van der Waals surface area contributed by atoms with Crippen molar-refractivity contribution in [3.05, 3.63) is 17.0 Å². The molecule has 21 heavy (non-hydrogen) atoms. The van der Waals surface area contributed by atoms with Crippen LogP contribution in [0.4, 0.5) is 0 Å². The van der Waals surface area contributed by atoms with E-state index in [4.69, 9.17) is 14.6 Å². The highest BCUT2D eigenvalue weighted by molar-refractivity contribution is 7.91. The van der Waals surface area contributed by atoms with Gasteiger partial charge < -0.3 is 14.6 Å². The van der Waals surface area contributed by atoms with Crippen LogP contribution in [0.1, 0.15) is 23.2 Å². The molecule has 116 valence electrons. The van der Waals surface area contributed by atoms with Crippen LogP contribution >= 0.6 is 11.3 Å². The van der Waals surface area contributed by atoms with Crippen molar-refractivity contribution in [3.63, 3.8) is 0 Å².